The monoisotopic (exact) mass is 252 g/mol. The fourth-order valence-electron chi connectivity index (χ4n) is 1.32. The number of ether oxygens (including phenoxy) is 1. The Hall–Kier alpha value is -1.98. The first-order valence-corrected chi connectivity index (χ1v) is 5.54. The number of halogens is 1. The predicted molar refractivity (Wildman–Crippen MR) is 69.0 cm³/mol. The summed E-state index contributed by atoms with van der Waals surface area (Å²) in [6.45, 7) is 8.67. The molecule has 0 atom stereocenters. The van der Waals surface area contributed by atoms with Crippen molar-refractivity contribution in [3.63, 3.8) is 0 Å². The van der Waals surface area contributed by atoms with Gasteiger partial charge < -0.3 is 4.74 Å². The lowest BCUT2D eigenvalue weighted by atomic mass is 10.4. The zero-order valence-electron chi connectivity index (χ0n) is 10.9. The molecule has 0 spiro atoms. The van der Waals surface area contributed by atoms with Gasteiger partial charge in [0.2, 0.25) is 0 Å². The van der Waals surface area contributed by atoms with Crippen LogP contribution in [0.2, 0.25) is 0 Å². The fraction of sp³-hybridized carbons (Fsp3) is 0.417. The number of alkyl halides is 1. The van der Waals surface area contributed by atoms with Gasteiger partial charge in [0.25, 0.3) is 0 Å². The van der Waals surface area contributed by atoms with Crippen molar-refractivity contribution in [2.45, 2.75) is 20.8 Å². The van der Waals surface area contributed by atoms with Crippen molar-refractivity contribution in [1.29, 1.82) is 0 Å². The first-order valence-electron chi connectivity index (χ1n) is 5.54. The lowest BCUT2D eigenvalue weighted by Crippen LogP contribution is -2.02. The molecule has 0 saturated heterocycles. The van der Waals surface area contributed by atoms with Crippen LogP contribution >= 0.6 is 0 Å². The second-order valence-electron chi connectivity index (χ2n) is 3.61. The van der Waals surface area contributed by atoms with Gasteiger partial charge in [-0.25, -0.2) is 19.0 Å². The van der Waals surface area contributed by atoms with Crippen LogP contribution < -0.4 is 0 Å². The number of hydrogen-bond acceptors (Lipinski definition) is 4. The molecule has 0 aliphatic rings. The third-order valence-electron chi connectivity index (χ3n) is 2.06. The summed E-state index contributed by atoms with van der Waals surface area (Å²) in [5.74, 6) is 1.85. The minimum Gasteiger partial charge on any atom is -0.478 e. The Kier molecular flexibility index (Phi) is 5.23. The number of rotatable bonds is 5. The summed E-state index contributed by atoms with van der Waals surface area (Å²) in [7, 11) is 0. The van der Waals surface area contributed by atoms with Gasteiger partial charge in [-0.3, -0.25) is 0 Å². The van der Waals surface area contributed by atoms with Gasteiger partial charge in [-0.15, -0.1) is 0 Å². The van der Waals surface area contributed by atoms with Crippen LogP contribution in [0.4, 0.5) is 4.39 Å². The number of hydrogen-bond donors (Lipinski definition) is 0. The minimum atomic E-state index is -0.527. The highest BCUT2D eigenvalue weighted by Crippen LogP contribution is 2.06. The largest absolute Gasteiger partial charge is 0.478 e. The van der Waals surface area contributed by atoms with Crippen LogP contribution in [0.3, 0.4) is 0 Å². The summed E-state index contributed by atoms with van der Waals surface area (Å²) < 4.78 is 18.4. The Bertz CT molecular complexity index is 476. The third-order valence-corrected chi connectivity index (χ3v) is 2.06. The molecule has 0 unspecified atom stereocenters. The molecule has 1 heterocycles. The van der Waals surface area contributed by atoms with Gasteiger partial charge in [0.1, 0.15) is 24.9 Å². The van der Waals surface area contributed by atoms with E-state index in [4.69, 9.17) is 4.74 Å². The van der Waals surface area contributed by atoms with Crippen molar-refractivity contribution in [1.82, 2.24) is 14.8 Å². The molecule has 18 heavy (non-hydrogen) atoms. The second kappa shape index (κ2) is 6.68. The first kappa shape index (κ1) is 14.1. The maximum Gasteiger partial charge on any atom is 0.184 e. The van der Waals surface area contributed by atoms with Crippen LogP contribution in [0.15, 0.2) is 23.8 Å². The number of aryl methyl sites for hydroxylation is 2. The minimum absolute atomic E-state index is 0.0193. The summed E-state index contributed by atoms with van der Waals surface area (Å²) in [6.07, 6.45) is 3.22. The van der Waals surface area contributed by atoms with Crippen molar-refractivity contribution in [3.8, 4) is 0 Å². The number of aliphatic imine (C=N–C) groups is 1. The van der Waals surface area contributed by atoms with E-state index in [9.17, 15) is 4.39 Å². The molecule has 0 aromatic carbocycles. The van der Waals surface area contributed by atoms with Gasteiger partial charge in [-0.2, -0.15) is 5.10 Å². The summed E-state index contributed by atoms with van der Waals surface area (Å²) in [5, 5.41) is 4.18. The van der Waals surface area contributed by atoms with Crippen LogP contribution in [0.1, 0.15) is 18.6 Å². The van der Waals surface area contributed by atoms with E-state index < -0.39 is 6.67 Å². The summed E-state index contributed by atoms with van der Waals surface area (Å²) in [4.78, 5) is 8.16. The first-order chi connectivity index (χ1) is 8.54. The highest BCUT2D eigenvalue weighted by Gasteiger charge is 2.02. The molecule has 0 bridgehead atoms. The highest BCUT2D eigenvalue weighted by molar-refractivity contribution is 5.74. The number of allylic oxidation sites excluding steroid dienone is 2. The zero-order valence-corrected chi connectivity index (χ0v) is 10.9. The molecule has 0 N–H and O–H groups in total. The summed E-state index contributed by atoms with van der Waals surface area (Å²) in [5.41, 5.74) is 0.648. The Labute approximate surface area is 106 Å². The van der Waals surface area contributed by atoms with Crippen molar-refractivity contribution in [3.05, 3.63) is 30.5 Å². The average molecular weight is 252 g/mol. The summed E-state index contributed by atoms with van der Waals surface area (Å²) in [6, 6.07) is 0. The Morgan fingerprint density at radius 1 is 1.56 bits per heavy atom. The molecule has 0 aliphatic carbocycles. The average Bonchev–Trinajstić information content (AvgIpc) is 2.65. The van der Waals surface area contributed by atoms with E-state index in [1.165, 1.54) is 6.20 Å². The van der Waals surface area contributed by atoms with E-state index in [1.54, 1.807) is 17.7 Å². The molecular weight excluding hydrogens is 235 g/mol. The molecule has 1 aromatic rings. The van der Waals surface area contributed by atoms with Crippen LogP contribution in [0.25, 0.3) is 5.70 Å². The van der Waals surface area contributed by atoms with Crippen LogP contribution in [-0.2, 0) is 4.74 Å². The van der Waals surface area contributed by atoms with E-state index in [-0.39, 0.29) is 6.61 Å². The summed E-state index contributed by atoms with van der Waals surface area (Å²) >= 11 is 0. The van der Waals surface area contributed by atoms with Gasteiger partial charge in [0.05, 0.1) is 5.70 Å². The lowest BCUT2D eigenvalue weighted by molar-refractivity contribution is 0.260. The molecule has 0 saturated carbocycles. The second-order valence-corrected chi connectivity index (χ2v) is 3.61. The maximum atomic E-state index is 11.8. The topological polar surface area (TPSA) is 52.3 Å². The quantitative estimate of drug-likeness (QED) is 0.459. The van der Waals surface area contributed by atoms with E-state index in [0.717, 1.165) is 5.82 Å². The van der Waals surface area contributed by atoms with Gasteiger partial charge in [0.15, 0.2) is 5.90 Å². The fourth-order valence-corrected chi connectivity index (χ4v) is 1.32. The molecule has 6 heteroatoms. The molecule has 1 rings (SSSR count). The van der Waals surface area contributed by atoms with Gasteiger partial charge >= 0.3 is 0 Å². The van der Waals surface area contributed by atoms with Crippen molar-refractivity contribution >= 4 is 11.6 Å². The normalized spacial score (nSPS) is 12.1. The predicted octanol–water partition coefficient (Wildman–Crippen LogP) is 2.28. The number of nitrogens with zero attached hydrogens (tertiary/aromatic N) is 4. The SMILES string of the molecule is C=C(/C=C\N=C(C)OCCF)n1nc(C)nc1C. The van der Waals surface area contributed by atoms with Crippen LogP contribution in [0.5, 0.6) is 0 Å². The van der Waals surface area contributed by atoms with Crippen molar-refractivity contribution in [2.75, 3.05) is 13.3 Å². The highest BCUT2D eigenvalue weighted by atomic mass is 19.1. The van der Waals surface area contributed by atoms with E-state index in [2.05, 4.69) is 21.7 Å². The lowest BCUT2D eigenvalue weighted by Gasteiger charge is -2.01. The van der Waals surface area contributed by atoms with Crippen LogP contribution in [0, 0.1) is 13.8 Å². The Morgan fingerprint density at radius 2 is 2.28 bits per heavy atom. The molecular formula is C12H17FN4O. The van der Waals surface area contributed by atoms with Crippen molar-refractivity contribution in [2.24, 2.45) is 4.99 Å². The standard InChI is InChI=1S/C12H17FN4O/c1-9(17-11(3)15-10(2)16-17)5-7-14-12(4)18-8-6-13/h5,7H,1,6,8H2,2-4H3/b7-5-,14-12?. The zero-order chi connectivity index (χ0) is 13.5. The molecule has 1 aromatic heterocycles. The molecule has 0 fully saturated rings. The maximum absolute atomic E-state index is 11.8. The van der Waals surface area contributed by atoms with Crippen LogP contribution in [-0.4, -0.2) is 33.9 Å². The van der Waals surface area contributed by atoms with E-state index in [1.807, 2.05) is 13.8 Å². The molecule has 0 amide bonds. The molecule has 98 valence electrons. The van der Waals surface area contributed by atoms with Crippen molar-refractivity contribution < 1.29 is 9.13 Å². The Morgan fingerprint density at radius 3 is 2.83 bits per heavy atom. The van der Waals surface area contributed by atoms with Gasteiger partial charge in [-0.1, -0.05) is 6.58 Å². The Balaban J connectivity index is 2.62. The molecule has 5 nitrogen and oxygen atoms in total. The smallest absolute Gasteiger partial charge is 0.184 e. The number of aromatic nitrogens is 3. The van der Waals surface area contributed by atoms with E-state index in [0.29, 0.717) is 17.4 Å². The van der Waals surface area contributed by atoms with E-state index >= 15 is 0 Å². The van der Waals surface area contributed by atoms with Gasteiger partial charge in [0, 0.05) is 13.1 Å². The van der Waals surface area contributed by atoms with Gasteiger partial charge in [-0.05, 0) is 19.9 Å². The molecule has 0 radical (unpaired) electrons. The molecule has 0 aliphatic heterocycles. The third kappa shape index (κ3) is 4.12.